The number of hydrogen-bond donors (Lipinski definition) is 0. The van der Waals surface area contributed by atoms with E-state index in [0.717, 1.165) is 13.1 Å². The van der Waals surface area contributed by atoms with Crippen molar-refractivity contribution in [2.45, 2.75) is 13.8 Å². The van der Waals surface area contributed by atoms with Crippen LogP contribution in [0.2, 0.25) is 0 Å². The lowest BCUT2D eigenvalue weighted by Gasteiger charge is -1.96. The average Bonchev–Trinajstić information content (AvgIpc) is 2.84. The van der Waals surface area contributed by atoms with Crippen LogP contribution in [0.5, 0.6) is 0 Å². The number of esters is 1. The van der Waals surface area contributed by atoms with E-state index in [1.165, 1.54) is 11.3 Å². The molecule has 0 aliphatic heterocycles. The molecule has 0 fully saturated rings. The van der Waals surface area contributed by atoms with Crippen LogP contribution in [0.1, 0.15) is 23.2 Å². The minimum Gasteiger partial charge on any atom is -0.460 e. The lowest BCUT2D eigenvalue weighted by atomic mass is 10.4. The predicted octanol–water partition coefficient (Wildman–Crippen LogP) is 4.41. The van der Waals surface area contributed by atoms with Crippen LogP contribution in [0, 0.1) is 6.92 Å². The predicted molar refractivity (Wildman–Crippen MR) is 75.9 cm³/mol. The largest absolute Gasteiger partial charge is 0.460 e. The molecule has 0 aliphatic carbocycles. The van der Waals surface area contributed by atoms with E-state index in [4.69, 9.17) is 9.15 Å². The topological polar surface area (TPSA) is 52.3 Å². The highest BCUT2D eigenvalue weighted by molar-refractivity contribution is 9.13. The number of oxazole rings is 1. The number of aromatic nitrogens is 1. The third-order valence-corrected chi connectivity index (χ3v) is 5.36. The molecular formula is C11H9Br2NO3S. The van der Waals surface area contributed by atoms with Gasteiger partial charge in [0.15, 0.2) is 0 Å². The first kappa shape index (κ1) is 13.8. The monoisotopic (exact) mass is 393 g/mol. The van der Waals surface area contributed by atoms with Gasteiger partial charge in [0.2, 0.25) is 11.7 Å². The van der Waals surface area contributed by atoms with E-state index < -0.39 is 5.97 Å². The van der Waals surface area contributed by atoms with Gasteiger partial charge in [0, 0.05) is 4.47 Å². The van der Waals surface area contributed by atoms with E-state index in [1.54, 1.807) is 13.8 Å². The van der Waals surface area contributed by atoms with Gasteiger partial charge in [-0.1, -0.05) is 0 Å². The van der Waals surface area contributed by atoms with Gasteiger partial charge in [-0.3, -0.25) is 0 Å². The first-order chi connectivity index (χ1) is 8.52. The molecule has 0 atom stereocenters. The van der Waals surface area contributed by atoms with Gasteiger partial charge in [0.25, 0.3) is 0 Å². The zero-order valence-corrected chi connectivity index (χ0v) is 13.6. The summed E-state index contributed by atoms with van der Waals surface area (Å²) in [6, 6.07) is 1.88. The molecule has 0 amide bonds. The molecule has 2 aromatic rings. The molecular weight excluding hydrogens is 386 g/mol. The van der Waals surface area contributed by atoms with E-state index >= 15 is 0 Å². The number of rotatable bonds is 3. The Labute approximate surface area is 125 Å². The van der Waals surface area contributed by atoms with Crippen LogP contribution in [-0.4, -0.2) is 17.6 Å². The van der Waals surface area contributed by atoms with Crippen molar-refractivity contribution < 1.29 is 13.9 Å². The Morgan fingerprint density at radius 3 is 2.83 bits per heavy atom. The fourth-order valence-corrected chi connectivity index (χ4v) is 3.30. The second-order valence-corrected chi connectivity index (χ2v) is 6.61. The summed E-state index contributed by atoms with van der Waals surface area (Å²) in [5.41, 5.74) is 0.532. The molecule has 4 nitrogen and oxygen atoms in total. The molecule has 0 radical (unpaired) electrons. The van der Waals surface area contributed by atoms with Crippen LogP contribution < -0.4 is 0 Å². The highest BCUT2D eigenvalue weighted by atomic mass is 79.9. The van der Waals surface area contributed by atoms with Crippen LogP contribution in [0.4, 0.5) is 0 Å². The minimum absolute atomic E-state index is 0.160. The smallest absolute Gasteiger partial charge is 0.376 e. The molecule has 2 heterocycles. The Hall–Kier alpha value is -0.660. The maximum atomic E-state index is 11.6. The van der Waals surface area contributed by atoms with E-state index in [2.05, 4.69) is 36.8 Å². The standard InChI is InChI=1S/C11H9Br2NO3S/c1-3-16-11(15)8-5(2)14-10(17-8)7-4-6(12)9(13)18-7/h4H,3H2,1-2H3. The zero-order chi connectivity index (χ0) is 13.3. The van der Waals surface area contributed by atoms with Gasteiger partial charge in [0.05, 0.1) is 21.0 Å². The van der Waals surface area contributed by atoms with Gasteiger partial charge >= 0.3 is 5.97 Å². The molecule has 0 saturated heterocycles. The van der Waals surface area contributed by atoms with E-state index in [-0.39, 0.29) is 5.76 Å². The summed E-state index contributed by atoms with van der Waals surface area (Å²) in [4.78, 5) is 16.7. The third kappa shape index (κ3) is 2.67. The molecule has 2 rings (SSSR count). The van der Waals surface area contributed by atoms with Crippen molar-refractivity contribution >= 4 is 49.2 Å². The van der Waals surface area contributed by atoms with E-state index in [1.807, 2.05) is 6.07 Å². The molecule has 0 aliphatic rings. The van der Waals surface area contributed by atoms with Crippen molar-refractivity contribution in [3.05, 3.63) is 25.8 Å². The number of nitrogens with zero attached hydrogens (tertiary/aromatic N) is 1. The fourth-order valence-electron chi connectivity index (χ4n) is 1.34. The lowest BCUT2D eigenvalue weighted by Crippen LogP contribution is -2.04. The van der Waals surface area contributed by atoms with Crippen molar-refractivity contribution in [3.63, 3.8) is 0 Å². The van der Waals surface area contributed by atoms with Crippen molar-refractivity contribution in [2.75, 3.05) is 6.61 Å². The summed E-state index contributed by atoms with van der Waals surface area (Å²) < 4.78 is 12.2. The lowest BCUT2D eigenvalue weighted by molar-refractivity contribution is 0.0490. The summed E-state index contributed by atoms with van der Waals surface area (Å²) in [6.07, 6.45) is 0. The quantitative estimate of drug-likeness (QED) is 0.723. The maximum Gasteiger partial charge on any atom is 0.376 e. The van der Waals surface area contributed by atoms with Gasteiger partial charge in [-0.15, -0.1) is 11.3 Å². The molecule has 0 bridgehead atoms. The number of hydrogen-bond acceptors (Lipinski definition) is 5. The highest BCUT2D eigenvalue weighted by Gasteiger charge is 2.20. The van der Waals surface area contributed by atoms with Crippen molar-refractivity contribution in [3.8, 4) is 10.8 Å². The van der Waals surface area contributed by atoms with Gasteiger partial charge in [-0.2, -0.15) is 0 Å². The number of carbonyl (C=O) groups excluding carboxylic acids is 1. The molecule has 0 unspecified atom stereocenters. The Morgan fingerprint density at radius 2 is 2.28 bits per heavy atom. The van der Waals surface area contributed by atoms with Crippen molar-refractivity contribution in [1.29, 1.82) is 0 Å². The first-order valence-corrected chi connectivity index (χ1v) is 7.53. The minimum atomic E-state index is -0.483. The summed E-state index contributed by atoms with van der Waals surface area (Å²) >= 11 is 8.27. The number of aryl methyl sites for hydroxylation is 1. The second kappa shape index (κ2) is 5.54. The molecule has 96 valence electrons. The number of carbonyl (C=O) groups is 1. The van der Waals surface area contributed by atoms with E-state index in [9.17, 15) is 4.79 Å². The van der Waals surface area contributed by atoms with Crippen LogP contribution in [0.15, 0.2) is 18.7 Å². The fraction of sp³-hybridized carbons (Fsp3) is 0.273. The molecule has 7 heteroatoms. The second-order valence-electron chi connectivity index (χ2n) is 3.39. The Bertz CT molecular complexity index is 572. The van der Waals surface area contributed by atoms with Gasteiger partial charge in [-0.25, -0.2) is 9.78 Å². The normalized spacial score (nSPS) is 10.7. The summed E-state index contributed by atoms with van der Waals surface area (Å²) in [5.74, 6) is 0.0999. The molecule has 0 saturated carbocycles. The molecule has 0 spiro atoms. The first-order valence-electron chi connectivity index (χ1n) is 5.12. The van der Waals surface area contributed by atoms with E-state index in [0.29, 0.717) is 18.2 Å². The molecule has 2 aromatic heterocycles. The Morgan fingerprint density at radius 1 is 1.56 bits per heavy atom. The molecule has 0 aromatic carbocycles. The zero-order valence-electron chi connectivity index (χ0n) is 9.62. The number of ether oxygens (including phenoxy) is 1. The van der Waals surface area contributed by atoms with Gasteiger partial charge < -0.3 is 9.15 Å². The van der Waals surface area contributed by atoms with Crippen molar-refractivity contribution in [1.82, 2.24) is 4.98 Å². The Kier molecular flexibility index (Phi) is 4.24. The summed E-state index contributed by atoms with van der Waals surface area (Å²) in [5, 5.41) is 0. The van der Waals surface area contributed by atoms with Crippen LogP contribution >= 0.6 is 43.2 Å². The highest BCUT2D eigenvalue weighted by Crippen LogP contribution is 2.38. The third-order valence-electron chi connectivity index (χ3n) is 2.11. The summed E-state index contributed by atoms with van der Waals surface area (Å²) in [7, 11) is 0. The SMILES string of the molecule is CCOC(=O)c1oc(-c2cc(Br)c(Br)s2)nc1C. The average molecular weight is 395 g/mol. The van der Waals surface area contributed by atoms with Crippen LogP contribution in [0.25, 0.3) is 10.8 Å². The van der Waals surface area contributed by atoms with Gasteiger partial charge in [-0.05, 0) is 51.8 Å². The Balaban J connectivity index is 2.36. The van der Waals surface area contributed by atoms with Crippen molar-refractivity contribution in [2.24, 2.45) is 0 Å². The number of thiophene rings is 1. The van der Waals surface area contributed by atoms with Crippen LogP contribution in [-0.2, 0) is 4.74 Å². The molecule has 0 N–H and O–H groups in total. The van der Waals surface area contributed by atoms with Gasteiger partial charge in [0.1, 0.15) is 0 Å². The number of halogens is 2. The molecule has 18 heavy (non-hydrogen) atoms. The summed E-state index contributed by atoms with van der Waals surface area (Å²) in [6.45, 7) is 3.78. The van der Waals surface area contributed by atoms with Crippen LogP contribution in [0.3, 0.4) is 0 Å². The maximum absolute atomic E-state index is 11.6.